The van der Waals surface area contributed by atoms with Crippen molar-refractivity contribution in [3.8, 4) is 11.1 Å². The fourth-order valence-electron chi connectivity index (χ4n) is 1.98. The molecule has 2 aromatic carbocycles. The lowest BCUT2D eigenvalue weighted by molar-refractivity contribution is 0.795. The molecule has 96 valence electrons. The van der Waals surface area contributed by atoms with E-state index in [9.17, 15) is 0 Å². The fourth-order valence-corrected chi connectivity index (χ4v) is 2.31. The van der Waals surface area contributed by atoms with Gasteiger partial charge < -0.3 is 0 Å². The van der Waals surface area contributed by atoms with Crippen molar-refractivity contribution in [1.82, 2.24) is 0 Å². The zero-order chi connectivity index (χ0) is 12.1. The van der Waals surface area contributed by atoms with Gasteiger partial charge >= 0.3 is 0 Å². The first-order chi connectivity index (χ1) is 8.33. The van der Waals surface area contributed by atoms with Crippen molar-refractivity contribution in [3.63, 3.8) is 0 Å². The maximum absolute atomic E-state index is 6.48. The van der Waals surface area contributed by atoms with Crippen LogP contribution in [0.3, 0.4) is 0 Å². The maximum atomic E-state index is 6.48. The molecule has 2 aromatic rings. The molecule has 0 bridgehead atoms. The van der Waals surface area contributed by atoms with E-state index in [1.165, 1.54) is 24.0 Å². The summed E-state index contributed by atoms with van der Waals surface area (Å²) in [5, 5.41) is 0.909. The lowest BCUT2D eigenvalue weighted by Gasteiger charge is -2.09. The molecule has 0 fully saturated rings. The number of rotatable bonds is 4. The van der Waals surface area contributed by atoms with Crippen LogP contribution in [0.5, 0.6) is 0 Å². The number of hydrogen-bond acceptors (Lipinski definition) is 0. The van der Waals surface area contributed by atoms with Crippen molar-refractivity contribution < 1.29 is 0 Å². The van der Waals surface area contributed by atoms with Gasteiger partial charge in [0.1, 0.15) is 0 Å². The summed E-state index contributed by atoms with van der Waals surface area (Å²) in [6, 6.07) is 16.6. The van der Waals surface area contributed by atoms with Gasteiger partial charge in [0.15, 0.2) is 0 Å². The molecule has 18 heavy (non-hydrogen) atoms. The Balaban J connectivity index is 0.00000162. The Morgan fingerprint density at radius 2 is 1.67 bits per heavy atom. The lowest BCUT2D eigenvalue weighted by atomic mass is 10.0. The summed E-state index contributed by atoms with van der Waals surface area (Å²) in [7, 11) is 0. The van der Waals surface area contributed by atoms with Crippen molar-refractivity contribution in [3.05, 3.63) is 59.1 Å². The fraction of sp³-hybridized carbons (Fsp3) is 0.250. The van der Waals surface area contributed by atoms with Crippen LogP contribution in [0.25, 0.3) is 11.1 Å². The van der Waals surface area contributed by atoms with Gasteiger partial charge in [0, 0.05) is 5.56 Å². The molecule has 0 unspecified atom stereocenters. The van der Waals surface area contributed by atoms with Crippen molar-refractivity contribution >= 4 is 22.6 Å². The summed E-state index contributed by atoms with van der Waals surface area (Å²) in [6.45, 7) is 2.20. The van der Waals surface area contributed by atoms with Crippen LogP contribution in [0.2, 0.25) is 5.02 Å². The van der Waals surface area contributed by atoms with Gasteiger partial charge in [0.2, 0.25) is 0 Å². The first kappa shape index (κ1) is 15.0. The highest BCUT2D eigenvalue weighted by molar-refractivity contribution is 6.34. The molecule has 0 heterocycles. The number of unbranched alkanes of at least 4 members (excludes halogenated alkanes) is 1. The molecule has 2 heteroatoms. The van der Waals surface area contributed by atoms with Gasteiger partial charge in [-0.25, -0.2) is 0 Å². The Labute approximate surface area is 119 Å². The number of hydrogen-bond donors (Lipinski definition) is 0. The van der Waals surface area contributed by atoms with Gasteiger partial charge in [-0.2, -0.15) is 0 Å². The Morgan fingerprint density at radius 3 is 2.33 bits per heavy atom. The van der Waals surface area contributed by atoms with Crippen LogP contribution < -0.4 is 0 Å². The topological polar surface area (TPSA) is 0 Å². The first-order valence-corrected chi connectivity index (χ1v) is 6.53. The minimum absolute atomic E-state index is 0. The minimum Gasteiger partial charge on any atom is -0.0834 e. The van der Waals surface area contributed by atoms with E-state index in [1.54, 1.807) is 0 Å². The van der Waals surface area contributed by atoms with Gasteiger partial charge in [-0.3, -0.25) is 0 Å². The van der Waals surface area contributed by atoms with E-state index in [1.807, 2.05) is 18.2 Å². The van der Waals surface area contributed by atoms with E-state index in [2.05, 4.69) is 37.3 Å². The summed E-state index contributed by atoms with van der Waals surface area (Å²) < 4.78 is 0. The average Bonchev–Trinajstić information content (AvgIpc) is 2.39. The van der Waals surface area contributed by atoms with E-state index in [-0.39, 0.29) is 11.0 Å². The first-order valence-electron chi connectivity index (χ1n) is 6.15. The summed E-state index contributed by atoms with van der Waals surface area (Å²) in [6.07, 6.45) is 3.46. The summed E-state index contributed by atoms with van der Waals surface area (Å²) in [5.74, 6) is 0. The van der Waals surface area contributed by atoms with Crippen molar-refractivity contribution in [2.24, 2.45) is 0 Å². The Kier molecular flexibility index (Phi) is 6.17. The quantitative estimate of drug-likeness (QED) is 0.743. The largest absolute Gasteiger partial charge is 0.0834 e. The normalized spacial score (nSPS) is 9.89. The van der Waals surface area contributed by atoms with Gasteiger partial charge in [-0.1, -0.05) is 73.5 Å². The number of aryl methyl sites for hydroxylation is 1. The highest BCUT2D eigenvalue weighted by Crippen LogP contribution is 2.31. The predicted octanol–water partition coefficient (Wildman–Crippen LogP) is 3.90. The molecule has 2 rings (SSSR count). The molecular weight excluding hydrogens is 256 g/mol. The second-order valence-corrected chi connectivity index (χ2v) is 4.63. The van der Waals surface area contributed by atoms with Gasteiger partial charge in [0.25, 0.3) is 0 Å². The van der Waals surface area contributed by atoms with Crippen LogP contribution in [-0.4, -0.2) is 11.0 Å². The molecule has 0 saturated carbocycles. The average molecular weight is 277 g/mol. The van der Waals surface area contributed by atoms with E-state index >= 15 is 0 Å². The summed E-state index contributed by atoms with van der Waals surface area (Å²) in [5.41, 5.74) is 3.59. The standard InChI is InChI=1S/C16H17Cl.H4Si/c1-2-3-8-14-11-7-12-15(16(14)17)13-9-5-4-6-10-13;/h4-7,9-12H,2-3,8H2,1H3;1H4. The van der Waals surface area contributed by atoms with Crippen LogP contribution in [0, 0.1) is 0 Å². The van der Waals surface area contributed by atoms with E-state index in [0.29, 0.717) is 0 Å². The predicted molar refractivity (Wildman–Crippen MR) is 86.8 cm³/mol. The highest BCUT2D eigenvalue weighted by Gasteiger charge is 2.06. The second kappa shape index (κ2) is 7.40. The highest BCUT2D eigenvalue weighted by atomic mass is 35.5. The molecular formula is C16H21ClSi. The molecule has 0 spiro atoms. The molecule has 0 aliphatic carbocycles. The lowest BCUT2D eigenvalue weighted by Crippen LogP contribution is -1.89. The van der Waals surface area contributed by atoms with Crippen LogP contribution >= 0.6 is 11.6 Å². The molecule has 0 aromatic heterocycles. The second-order valence-electron chi connectivity index (χ2n) is 4.25. The van der Waals surface area contributed by atoms with E-state index in [0.717, 1.165) is 17.0 Å². The summed E-state index contributed by atoms with van der Waals surface area (Å²) >= 11 is 6.48. The van der Waals surface area contributed by atoms with E-state index in [4.69, 9.17) is 11.6 Å². The smallest absolute Gasteiger partial charge is 0.0516 e. The Bertz CT molecular complexity index is 480. The molecule has 0 atom stereocenters. The minimum atomic E-state index is 0. The zero-order valence-corrected chi connectivity index (χ0v) is 10.9. The van der Waals surface area contributed by atoms with Crippen molar-refractivity contribution in [2.45, 2.75) is 26.2 Å². The van der Waals surface area contributed by atoms with Gasteiger partial charge in [-0.05, 0) is 34.9 Å². The molecule has 0 amide bonds. The molecule has 0 N–H and O–H groups in total. The molecule has 0 saturated heterocycles. The van der Waals surface area contributed by atoms with E-state index < -0.39 is 0 Å². The van der Waals surface area contributed by atoms with Crippen molar-refractivity contribution in [2.75, 3.05) is 0 Å². The SMILES string of the molecule is CCCCc1cccc(-c2ccccc2)c1Cl.[SiH4]. The zero-order valence-electron chi connectivity index (χ0n) is 10.1. The third-order valence-corrected chi connectivity index (χ3v) is 3.41. The number of benzene rings is 2. The molecule has 0 radical (unpaired) electrons. The van der Waals surface area contributed by atoms with Gasteiger partial charge in [-0.15, -0.1) is 0 Å². The third kappa shape index (κ3) is 3.47. The maximum Gasteiger partial charge on any atom is 0.0516 e. The monoisotopic (exact) mass is 276 g/mol. The van der Waals surface area contributed by atoms with Crippen molar-refractivity contribution in [1.29, 1.82) is 0 Å². The van der Waals surface area contributed by atoms with Crippen LogP contribution in [-0.2, 0) is 6.42 Å². The Morgan fingerprint density at radius 1 is 0.944 bits per heavy atom. The van der Waals surface area contributed by atoms with Gasteiger partial charge in [0.05, 0.1) is 5.02 Å². The molecule has 0 aliphatic heterocycles. The Hall–Kier alpha value is -1.05. The van der Waals surface area contributed by atoms with Crippen LogP contribution in [0.4, 0.5) is 0 Å². The molecule has 0 aliphatic rings. The third-order valence-electron chi connectivity index (χ3n) is 2.96. The summed E-state index contributed by atoms with van der Waals surface area (Å²) in [4.78, 5) is 0. The molecule has 0 nitrogen and oxygen atoms in total. The van der Waals surface area contributed by atoms with Crippen LogP contribution in [0.1, 0.15) is 25.3 Å². The van der Waals surface area contributed by atoms with Crippen LogP contribution in [0.15, 0.2) is 48.5 Å². The number of halogens is 1.